The maximum absolute atomic E-state index is 13.1. The van der Waals surface area contributed by atoms with Crippen LogP contribution in [0.5, 0.6) is 0 Å². The van der Waals surface area contributed by atoms with E-state index in [9.17, 15) is 35.9 Å². The molecule has 0 bridgehead atoms. The first kappa shape index (κ1) is 36.9. The molecular weight excluding hydrogens is 699 g/mol. The molecule has 50 heavy (non-hydrogen) atoms. The van der Waals surface area contributed by atoms with Crippen LogP contribution >= 0.6 is 23.5 Å². The van der Waals surface area contributed by atoms with Gasteiger partial charge in [0.2, 0.25) is 11.5 Å². The third-order valence-electron chi connectivity index (χ3n) is 8.06. The Bertz CT molecular complexity index is 1710. The van der Waals surface area contributed by atoms with Crippen molar-refractivity contribution in [2.45, 2.75) is 57.3 Å². The number of cyclic esters (lactones) is 2. The van der Waals surface area contributed by atoms with Gasteiger partial charge in [0.25, 0.3) is 0 Å². The summed E-state index contributed by atoms with van der Waals surface area (Å²) in [6.07, 6.45) is -7.40. The summed E-state index contributed by atoms with van der Waals surface area (Å²) in [5.41, 5.74) is 1.26. The lowest BCUT2D eigenvalue weighted by atomic mass is 9.84. The first-order valence-electron chi connectivity index (χ1n) is 15.2. The Hall–Kier alpha value is -4.42. The van der Waals surface area contributed by atoms with Crippen LogP contribution in [-0.2, 0) is 19.1 Å². The van der Waals surface area contributed by atoms with Crippen molar-refractivity contribution in [1.82, 2.24) is 0 Å². The fourth-order valence-corrected chi connectivity index (χ4v) is 7.95. The number of carbonyl (C=O) groups is 2. The third-order valence-corrected chi connectivity index (χ3v) is 10.8. The summed E-state index contributed by atoms with van der Waals surface area (Å²) in [6.45, 7) is 3.24. The summed E-state index contributed by atoms with van der Waals surface area (Å²) in [7, 11) is 0. The Morgan fingerprint density at radius 1 is 0.500 bits per heavy atom. The molecule has 0 amide bonds. The van der Waals surface area contributed by atoms with Gasteiger partial charge in [-0.05, 0) is 61.4 Å². The molecule has 0 aliphatic carbocycles. The summed E-state index contributed by atoms with van der Waals surface area (Å²) >= 11 is 2.41. The van der Waals surface area contributed by atoms with E-state index in [0.29, 0.717) is 11.1 Å². The van der Waals surface area contributed by atoms with Crippen molar-refractivity contribution in [3.05, 3.63) is 156 Å². The molecule has 0 N–H and O–H groups in total. The quantitative estimate of drug-likeness (QED) is 0.146. The number of thioether (sulfide) groups is 2. The van der Waals surface area contributed by atoms with Gasteiger partial charge >= 0.3 is 24.3 Å². The predicted octanol–water partition coefficient (Wildman–Crippen LogP) is 10.6. The minimum absolute atomic E-state index is 0.631. The van der Waals surface area contributed by atoms with Crippen molar-refractivity contribution in [1.29, 1.82) is 0 Å². The van der Waals surface area contributed by atoms with Crippen LogP contribution in [0.25, 0.3) is 0 Å². The summed E-state index contributed by atoms with van der Waals surface area (Å²) in [5.74, 6) is -5.83. The standard InChI is InChI=1S/2C19H15F3O2S/c2*1-18(25-14-10-6-3-7-11-14)15(13-8-4-2-5-9-13)12-16(19(20,21)22)24-17(18)23/h2*2-12,15H,1H3/t2*15-,18-/m10/s1. The van der Waals surface area contributed by atoms with Crippen LogP contribution < -0.4 is 0 Å². The zero-order valence-corrected chi connectivity index (χ0v) is 28.2. The van der Waals surface area contributed by atoms with Gasteiger partial charge in [-0.15, -0.1) is 23.5 Å². The molecule has 4 nitrogen and oxygen atoms in total. The van der Waals surface area contributed by atoms with Crippen molar-refractivity contribution in [3.8, 4) is 0 Å². The van der Waals surface area contributed by atoms with Gasteiger partial charge in [0.1, 0.15) is 9.49 Å². The monoisotopic (exact) mass is 728 g/mol. The molecule has 0 saturated heterocycles. The van der Waals surface area contributed by atoms with Gasteiger partial charge in [-0.2, -0.15) is 26.3 Å². The van der Waals surface area contributed by atoms with E-state index >= 15 is 0 Å². The van der Waals surface area contributed by atoms with Crippen LogP contribution in [0, 0.1) is 0 Å². The van der Waals surface area contributed by atoms with E-state index in [2.05, 4.69) is 9.47 Å². The van der Waals surface area contributed by atoms with E-state index in [0.717, 1.165) is 21.9 Å². The first-order valence-corrected chi connectivity index (χ1v) is 16.8. The fourth-order valence-electron chi connectivity index (χ4n) is 5.48. The highest BCUT2D eigenvalue weighted by Crippen LogP contribution is 2.51. The highest BCUT2D eigenvalue weighted by Gasteiger charge is 2.53. The second kappa shape index (κ2) is 14.8. The molecule has 2 aliphatic heterocycles. The molecule has 0 fully saturated rings. The van der Waals surface area contributed by atoms with Gasteiger partial charge in [0.15, 0.2) is 0 Å². The second-order valence-electron chi connectivity index (χ2n) is 11.7. The van der Waals surface area contributed by atoms with Gasteiger partial charge in [-0.25, -0.2) is 0 Å². The molecule has 2 heterocycles. The van der Waals surface area contributed by atoms with Gasteiger partial charge in [0, 0.05) is 21.6 Å². The molecule has 260 valence electrons. The molecule has 0 spiro atoms. The predicted molar refractivity (Wildman–Crippen MR) is 180 cm³/mol. The Labute approximate surface area is 293 Å². The maximum atomic E-state index is 13.1. The molecule has 4 atom stereocenters. The SMILES string of the molecule is C[C@@]1(Sc2ccccc2)C(=O)OC(C(F)(F)F)=C[C@H]1c1ccccc1.C[C@]1(Sc2ccccc2)C(=O)OC(C(F)(F)F)=C[C@@H]1c1ccccc1. The zero-order valence-electron chi connectivity index (χ0n) is 26.6. The van der Waals surface area contributed by atoms with Crippen LogP contribution in [-0.4, -0.2) is 33.8 Å². The molecule has 0 aromatic heterocycles. The zero-order chi connectivity index (χ0) is 36.2. The largest absolute Gasteiger partial charge is 0.449 e. The average Bonchev–Trinajstić information content (AvgIpc) is 3.08. The number of allylic oxidation sites excluding steroid dienone is 4. The van der Waals surface area contributed by atoms with Crippen LogP contribution in [0.4, 0.5) is 26.3 Å². The summed E-state index contributed by atoms with van der Waals surface area (Å²) < 4.78 is 85.7. The number of hydrogen-bond donors (Lipinski definition) is 0. The Balaban J connectivity index is 0.000000194. The summed E-state index contributed by atoms with van der Waals surface area (Å²) in [6, 6.07) is 35.6. The summed E-state index contributed by atoms with van der Waals surface area (Å²) in [5, 5.41) is 0. The van der Waals surface area contributed by atoms with Gasteiger partial charge < -0.3 is 9.47 Å². The number of benzene rings is 4. The van der Waals surface area contributed by atoms with E-state index in [-0.39, 0.29) is 0 Å². The number of rotatable bonds is 6. The van der Waals surface area contributed by atoms with Crippen LogP contribution in [0.2, 0.25) is 0 Å². The number of ether oxygens (including phenoxy) is 2. The van der Waals surface area contributed by atoms with Gasteiger partial charge in [0.05, 0.1) is 0 Å². The van der Waals surface area contributed by atoms with Crippen molar-refractivity contribution in [2.24, 2.45) is 0 Å². The molecule has 6 rings (SSSR count). The number of esters is 2. The molecule has 12 heteroatoms. The van der Waals surface area contributed by atoms with Gasteiger partial charge in [-0.3, -0.25) is 9.59 Å². The molecule has 4 aromatic rings. The molecule has 2 aliphatic rings. The highest BCUT2D eigenvalue weighted by atomic mass is 32.2. The van der Waals surface area contributed by atoms with E-state index in [1.165, 1.54) is 23.5 Å². The van der Waals surface area contributed by atoms with Crippen molar-refractivity contribution >= 4 is 35.5 Å². The Morgan fingerprint density at radius 2 is 0.780 bits per heavy atom. The maximum Gasteiger partial charge on any atom is 0.449 e. The van der Waals surface area contributed by atoms with Crippen LogP contribution in [0.3, 0.4) is 0 Å². The molecular formula is C38H30F6O4S2. The van der Waals surface area contributed by atoms with Crippen molar-refractivity contribution in [3.63, 3.8) is 0 Å². The van der Waals surface area contributed by atoms with Crippen molar-refractivity contribution in [2.75, 3.05) is 0 Å². The van der Waals surface area contributed by atoms with E-state index in [4.69, 9.17) is 0 Å². The molecule has 4 aromatic carbocycles. The smallest absolute Gasteiger partial charge is 0.421 e. The van der Waals surface area contributed by atoms with E-state index < -0.39 is 57.1 Å². The average molecular weight is 729 g/mol. The fraction of sp³-hybridized carbons (Fsp3) is 0.211. The number of hydrogen-bond acceptors (Lipinski definition) is 6. The Kier molecular flexibility index (Phi) is 10.9. The van der Waals surface area contributed by atoms with Crippen molar-refractivity contribution < 1.29 is 45.4 Å². The minimum Gasteiger partial charge on any atom is -0.421 e. The number of carbonyl (C=O) groups excluding carboxylic acids is 2. The van der Waals surface area contributed by atoms with Crippen LogP contribution in [0.15, 0.2) is 155 Å². The summed E-state index contributed by atoms with van der Waals surface area (Å²) in [4.78, 5) is 26.7. The minimum atomic E-state index is -4.71. The normalized spacial score (nSPS) is 23.8. The molecule has 0 saturated carbocycles. The van der Waals surface area contributed by atoms with Crippen LogP contribution in [0.1, 0.15) is 36.8 Å². The highest BCUT2D eigenvalue weighted by molar-refractivity contribution is 8.01. The van der Waals surface area contributed by atoms with Gasteiger partial charge in [-0.1, -0.05) is 97.1 Å². The Morgan fingerprint density at radius 3 is 1.06 bits per heavy atom. The molecule has 0 unspecified atom stereocenters. The number of halogens is 6. The van der Waals surface area contributed by atoms with E-state index in [1.807, 2.05) is 60.7 Å². The topological polar surface area (TPSA) is 52.6 Å². The second-order valence-corrected chi connectivity index (χ2v) is 14.7. The van der Waals surface area contributed by atoms with E-state index in [1.54, 1.807) is 74.5 Å². The molecule has 0 radical (unpaired) electrons. The third kappa shape index (κ3) is 8.30. The lowest BCUT2D eigenvalue weighted by Gasteiger charge is -2.37. The lowest BCUT2D eigenvalue weighted by molar-refractivity contribution is -0.165. The first-order chi connectivity index (χ1) is 23.6. The number of alkyl halides is 6. The lowest BCUT2D eigenvalue weighted by Crippen LogP contribution is -2.44.